The number of nitrogens with zero attached hydrogens (tertiary/aromatic N) is 2. The van der Waals surface area contributed by atoms with Crippen molar-refractivity contribution in [3.05, 3.63) is 35.9 Å². The molecule has 8 heteroatoms. The SMILES string of the molecule is COCCCNC(=O)CN1CCN(C(=O)C2CC(c3ccccc3)NN2)CC1. The molecular formula is C20H31N5O3. The Bertz CT molecular complexity index is 634. The van der Waals surface area contributed by atoms with Crippen molar-refractivity contribution < 1.29 is 14.3 Å². The van der Waals surface area contributed by atoms with Crippen LogP contribution in [0.3, 0.4) is 0 Å². The highest BCUT2D eigenvalue weighted by atomic mass is 16.5. The molecule has 0 aliphatic carbocycles. The maximum absolute atomic E-state index is 12.8. The molecule has 8 nitrogen and oxygen atoms in total. The Kier molecular flexibility index (Phi) is 7.79. The van der Waals surface area contributed by atoms with Gasteiger partial charge in [-0.25, -0.2) is 10.9 Å². The van der Waals surface area contributed by atoms with E-state index in [1.54, 1.807) is 7.11 Å². The lowest BCUT2D eigenvalue weighted by molar-refractivity contribution is -0.135. The third-order valence-corrected chi connectivity index (χ3v) is 5.30. The van der Waals surface area contributed by atoms with Gasteiger partial charge in [-0.15, -0.1) is 0 Å². The van der Waals surface area contributed by atoms with Crippen molar-refractivity contribution in [3.63, 3.8) is 0 Å². The summed E-state index contributed by atoms with van der Waals surface area (Å²) in [6.07, 6.45) is 1.56. The number of nitrogens with one attached hydrogen (secondary N) is 3. The number of carbonyl (C=O) groups is 2. The molecule has 2 amide bonds. The van der Waals surface area contributed by atoms with Crippen LogP contribution in [0.1, 0.15) is 24.4 Å². The Balaban J connectivity index is 1.38. The first kappa shape index (κ1) is 20.7. The zero-order valence-electron chi connectivity index (χ0n) is 16.5. The predicted octanol–water partition coefficient (Wildman–Crippen LogP) is -0.109. The second kappa shape index (κ2) is 10.5. The van der Waals surface area contributed by atoms with Gasteiger partial charge in [0.25, 0.3) is 0 Å². The van der Waals surface area contributed by atoms with Gasteiger partial charge >= 0.3 is 0 Å². The van der Waals surface area contributed by atoms with Crippen LogP contribution in [-0.2, 0) is 14.3 Å². The topological polar surface area (TPSA) is 85.9 Å². The van der Waals surface area contributed by atoms with E-state index < -0.39 is 0 Å². The number of piperazine rings is 1. The Hall–Kier alpha value is -2.00. The number of hydrazine groups is 1. The van der Waals surface area contributed by atoms with Crippen molar-refractivity contribution in [2.75, 3.05) is 53.0 Å². The summed E-state index contributed by atoms with van der Waals surface area (Å²) in [6, 6.07) is 10.1. The smallest absolute Gasteiger partial charge is 0.241 e. The molecule has 0 radical (unpaired) electrons. The number of hydrogen-bond acceptors (Lipinski definition) is 6. The molecule has 1 aromatic rings. The maximum atomic E-state index is 12.8. The Morgan fingerprint density at radius 2 is 1.89 bits per heavy atom. The molecular weight excluding hydrogens is 358 g/mol. The molecule has 2 heterocycles. The summed E-state index contributed by atoms with van der Waals surface area (Å²) in [4.78, 5) is 28.8. The summed E-state index contributed by atoms with van der Waals surface area (Å²) in [6.45, 7) is 4.42. The van der Waals surface area contributed by atoms with Crippen molar-refractivity contribution in [3.8, 4) is 0 Å². The predicted molar refractivity (Wildman–Crippen MR) is 106 cm³/mol. The molecule has 3 N–H and O–H groups in total. The van der Waals surface area contributed by atoms with Gasteiger partial charge in [-0.2, -0.15) is 0 Å². The van der Waals surface area contributed by atoms with Crippen molar-refractivity contribution in [2.45, 2.75) is 24.9 Å². The average molecular weight is 390 g/mol. The number of carbonyl (C=O) groups excluding carboxylic acids is 2. The molecule has 2 aliphatic heterocycles. The molecule has 2 unspecified atom stereocenters. The molecule has 2 atom stereocenters. The zero-order valence-corrected chi connectivity index (χ0v) is 16.5. The third-order valence-electron chi connectivity index (χ3n) is 5.30. The monoisotopic (exact) mass is 389 g/mol. The van der Waals surface area contributed by atoms with Crippen molar-refractivity contribution in [2.24, 2.45) is 0 Å². The molecule has 0 spiro atoms. The lowest BCUT2D eigenvalue weighted by atomic mass is 10.0. The lowest BCUT2D eigenvalue weighted by Gasteiger charge is -2.35. The van der Waals surface area contributed by atoms with E-state index in [0.717, 1.165) is 25.9 Å². The van der Waals surface area contributed by atoms with Gasteiger partial charge < -0.3 is 15.0 Å². The van der Waals surface area contributed by atoms with E-state index in [0.29, 0.717) is 32.8 Å². The number of benzene rings is 1. The minimum atomic E-state index is -0.208. The Labute approximate surface area is 166 Å². The van der Waals surface area contributed by atoms with E-state index in [1.807, 2.05) is 23.1 Å². The largest absolute Gasteiger partial charge is 0.385 e. The van der Waals surface area contributed by atoms with Crippen LogP contribution in [0.15, 0.2) is 30.3 Å². The summed E-state index contributed by atoms with van der Waals surface area (Å²) < 4.78 is 4.97. The van der Waals surface area contributed by atoms with E-state index in [2.05, 4.69) is 33.2 Å². The normalized spacial score (nSPS) is 23.0. The van der Waals surface area contributed by atoms with Crippen LogP contribution in [0.5, 0.6) is 0 Å². The molecule has 154 valence electrons. The van der Waals surface area contributed by atoms with Gasteiger partial charge in [-0.1, -0.05) is 30.3 Å². The molecule has 2 fully saturated rings. The highest BCUT2D eigenvalue weighted by molar-refractivity contribution is 5.82. The second-order valence-electron chi connectivity index (χ2n) is 7.34. The van der Waals surface area contributed by atoms with Gasteiger partial charge in [-0.3, -0.25) is 14.5 Å². The first-order chi connectivity index (χ1) is 13.7. The molecule has 0 aromatic heterocycles. The van der Waals surface area contributed by atoms with Crippen LogP contribution < -0.4 is 16.2 Å². The number of amides is 2. The minimum Gasteiger partial charge on any atom is -0.385 e. The molecule has 2 saturated heterocycles. The van der Waals surface area contributed by atoms with Crippen molar-refractivity contribution in [1.82, 2.24) is 26.0 Å². The van der Waals surface area contributed by atoms with E-state index in [4.69, 9.17) is 4.74 Å². The fourth-order valence-corrected chi connectivity index (χ4v) is 3.67. The fraction of sp³-hybridized carbons (Fsp3) is 0.600. The van der Waals surface area contributed by atoms with Crippen molar-refractivity contribution in [1.29, 1.82) is 0 Å². The molecule has 1 aromatic carbocycles. The summed E-state index contributed by atoms with van der Waals surface area (Å²) in [5.41, 5.74) is 7.57. The molecule has 0 bridgehead atoms. The van der Waals surface area contributed by atoms with Gasteiger partial charge in [-0.05, 0) is 18.4 Å². The fourth-order valence-electron chi connectivity index (χ4n) is 3.67. The third kappa shape index (κ3) is 5.75. The van der Waals surface area contributed by atoms with E-state index in [9.17, 15) is 9.59 Å². The van der Waals surface area contributed by atoms with E-state index in [-0.39, 0.29) is 23.9 Å². The second-order valence-corrected chi connectivity index (χ2v) is 7.34. The first-order valence-electron chi connectivity index (χ1n) is 10.00. The van der Waals surface area contributed by atoms with Crippen LogP contribution >= 0.6 is 0 Å². The van der Waals surface area contributed by atoms with Gasteiger partial charge in [0.1, 0.15) is 6.04 Å². The Morgan fingerprint density at radius 1 is 1.14 bits per heavy atom. The van der Waals surface area contributed by atoms with E-state index >= 15 is 0 Å². The molecule has 28 heavy (non-hydrogen) atoms. The number of methoxy groups -OCH3 is 1. The summed E-state index contributed by atoms with van der Waals surface area (Å²) in [5.74, 6) is 0.165. The highest BCUT2D eigenvalue weighted by Gasteiger charge is 2.34. The van der Waals surface area contributed by atoms with Gasteiger partial charge in [0, 0.05) is 52.5 Å². The molecule has 3 rings (SSSR count). The van der Waals surface area contributed by atoms with Crippen LogP contribution in [0.2, 0.25) is 0 Å². The zero-order chi connectivity index (χ0) is 19.8. The average Bonchev–Trinajstić information content (AvgIpc) is 3.22. The van der Waals surface area contributed by atoms with Gasteiger partial charge in [0.15, 0.2) is 0 Å². The first-order valence-corrected chi connectivity index (χ1v) is 10.00. The molecule has 0 saturated carbocycles. The quantitative estimate of drug-likeness (QED) is 0.538. The highest BCUT2D eigenvalue weighted by Crippen LogP contribution is 2.23. The minimum absolute atomic E-state index is 0.0308. The lowest BCUT2D eigenvalue weighted by Crippen LogP contribution is -2.54. The summed E-state index contributed by atoms with van der Waals surface area (Å²) in [7, 11) is 1.65. The molecule has 2 aliphatic rings. The van der Waals surface area contributed by atoms with Crippen LogP contribution in [-0.4, -0.2) is 80.6 Å². The standard InChI is InChI=1S/C20H31N5O3/c1-28-13-5-8-21-19(26)15-24-9-11-25(12-10-24)20(27)18-14-17(22-23-18)16-6-3-2-4-7-16/h2-4,6-7,17-18,22-23H,5,8-15H2,1H3,(H,21,26). The summed E-state index contributed by atoms with van der Waals surface area (Å²) in [5, 5.41) is 2.90. The maximum Gasteiger partial charge on any atom is 0.241 e. The van der Waals surface area contributed by atoms with Crippen molar-refractivity contribution >= 4 is 11.8 Å². The Morgan fingerprint density at radius 3 is 2.61 bits per heavy atom. The van der Waals surface area contributed by atoms with Crippen LogP contribution in [0, 0.1) is 0 Å². The van der Waals surface area contributed by atoms with E-state index in [1.165, 1.54) is 5.56 Å². The van der Waals surface area contributed by atoms with Gasteiger partial charge in [0.05, 0.1) is 6.54 Å². The summed E-state index contributed by atoms with van der Waals surface area (Å²) >= 11 is 0. The number of rotatable bonds is 8. The van der Waals surface area contributed by atoms with Crippen LogP contribution in [0.4, 0.5) is 0 Å². The number of hydrogen-bond donors (Lipinski definition) is 3. The van der Waals surface area contributed by atoms with Gasteiger partial charge in [0.2, 0.25) is 11.8 Å². The number of ether oxygens (including phenoxy) is 1. The van der Waals surface area contributed by atoms with Crippen LogP contribution in [0.25, 0.3) is 0 Å².